The van der Waals surface area contributed by atoms with Crippen molar-refractivity contribution in [1.29, 1.82) is 0 Å². The van der Waals surface area contributed by atoms with E-state index in [0.29, 0.717) is 34.3 Å². The number of nitrogens with zero attached hydrogens (tertiary/aromatic N) is 2. The van der Waals surface area contributed by atoms with Crippen LogP contribution in [0.15, 0.2) is 91.0 Å². The third-order valence-corrected chi connectivity index (χ3v) is 12.4. The molecule has 0 unspecified atom stereocenters. The molecule has 0 aromatic heterocycles. The van der Waals surface area contributed by atoms with Gasteiger partial charge in [0.25, 0.3) is 11.8 Å². The second kappa shape index (κ2) is 16.2. The Kier molecular flexibility index (Phi) is 11.6. The number of carbonyl (C=O) groups is 2. The number of benzene rings is 5. The maximum absolute atomic E-state index is 13.8. The second-order valence-corrected chi connectivity index (χ2v) is 18.0. The molecule has 15 heteroatoms. The first-order valence-corrected chi connectivity index (χ1v) is 22.6. The lowest BCUT2D eigenvalue weighted by molar-refractivity contribution is -0.114. The average Bonchev–Trinajstić information content (AvgIpc) is 3.73. The third-order valence-electron chi connectivity index (χ3n) is 10.4. The van der Waals surface area contributed by atoms with Gasteiger partial charge in [0.05, 0.1) is 11.8 Å². The molecule has 0 bridgehead atoms. The SMILES string of the molecule is CC(C)c1cc(/C=C/C(=O)N2C[C@@H](CCl)c3c2cc(CP(=O)(O)O)c2ccccc32)ccc1/C=C/C(=O)N1C[C@@H](CCl)c2c1cc(OP(=O)(O)O)c1ccccc21. The lowest BCUT2D eigenvalue weighted by atomic mass is 9.93. The molecule has 2 heterocycles. The first-order chi connectivity index (χ1) is 27.1. The maximum Gasteiger partial charge on any atom is 0.524 e. The monoisotopic (exact) mass is 848 g/mol. The van der Waals surface area contributed by atoms with E-state index in [4.69, 9.17) is 27.7 Å². The molecule has 11 nitrogen and oxygen atoms in total. The fourth-order valence-corrected chi connectivity index (χ4v) is 9.63. The number of fused-ring (bicyclic) bond motifs is 6. The van der Waals surface area contributed by atoms with E-state index in [1.807, 2.05) is 62.4 Å². The molecule has 0 aliphatic carbocycles. The van der Waals surface area contributed by atoms with Crippen LogP contribution < -0.4 is 14.3 Å². The molecule has 2 atom stereocenters. The summed E-state index contributed by atoms with van der Waals surface area (Å²) in [4.78, 5) is 69.6. The van der Waals surface area contributed by atoms with Crippen LogP contribution in [0.5, 0.6) is 5.75 Å². The van der Waals surface area contributed by atoms with Crippen LogP contribution in [0.4, 0.5) is 11.4 Å². The summed E-state index contributed by atoms with van der Waals surface area (Å²) in [5.74, 6) is -0.532. The Balaban J connectivity index is 1.15. The minimum Gasteiger partial charge on any atom is -0.404 e. The Labute approximate surface area is 339 Å². The van der Waals surface area contributed by atoms with E-state index < -0.39 is 21.6 Å². The molecule has 0 spiro atoms. The Morgan fingerprint density at radius 3 is 1.82 bits per heavy atom. The van der Waals surface area contributed by atoms with Crippen LogP contribution in [0.25, 0.3) is 33.7 Å². The van der Waals surface area contributed by atoms with Gasteiger partial charge in [0.1, 0.15) is 5.75 Å². The molecule has 5 aromatic rings. The topological polar surface area (TPSA) is 165 Å². The Hall–Kier alpha value is -4.28. The van der Waals surface area contributed by atoms with Crippen molar-refractivity contribution in [1.82, 2.24) is 0 Å². The lowest BCUT2D eigenvalue weighted by Gasteiger charge is -2.18. The Morgan fingerprint density at radius 2 is 1.28 bits per heavy atom. The number of anilines is 2. The zero-order chi connectivity index (χ0) is 40.8. The van der Waals surface area contributed by atoms with Gasteiger partial charge in [-0.2, -0.15) is 0 Å². The molecule has 0 radical (unpaired) electrons. The summed E-state index contributed by atoms with van der Waals surface area (Å²) in [5.41, 5.74) is 5.67. The summed E-state index contributed by atoms with van der Waals surface area (Å²) < 4.78 is 29.0. The molecule has 0 fully saturated rings. The van der Waals surface area contributed by atoms with Crippen LogP contribution in [-0.4, -0.2) is 56.2 Å². The highest BCUT2D eigenvalue weighted by atomic mass is 35.5. The summed E-state index contributed by atoms with van der Waals surface area (Å²) in [7, 11) is -9.31. The standard InChI is InChI=1S/C42H40Cl2N2O9P2/c1-25(2)35-17-26(12-15-39(47)45-22-29(20-43)41-33-9-5-3-7-31(33)28(18-36(41)45)24-56(49,50)51)11-13-27(35)14-16-40(48)46-23-30(21-44)42-34-10-6-4-8-32(34)38(19-37(42)46)55-57(52,53)54/h3-19,25,29-30H,20-24H2,1-2H3,(H2,49,50,51)(H2,52,53,54)/b15-12+,16-14+/t29-,30-/m1/s1. The number of carbonyl (C=O) groups excluding carboxylic acids is 2. The summed E-state index contributed by atoms with van der Waals surface area (Å²) in [6.07, 6.45) is 5.92. The largest absolute Gasteiger partial charge is 0.524 e. The normalized spacial score (nSPS) is 17.1. The fourth-order valence-electron chi connectivity index (χ4n) is 8.01. The molecular formula is C42H40Cl2N2O9P2. The predicted molar refractivity (Wildman–Crippen MR) is 227 cm³/mol. The van der Waals surface area contributed by atoms with Crippen molar-refractivity contribution in [3.63, 3.8) is 0 Å². The molecule has 2 aliphatic heterocycles. The summed E-state index contributed by atoms with van der Waals surface area (Å²) in [6.45, 7) is 4.64. The van der Waals surface area contributed by atoms with Crippen molar-refractivity contribution in [2.75, 3.05) is 34.6 Å². The number of alkyl halides is 2. The van der Waals surface area contributed by atoms with E-state index in [-0.39, 0.29) is 53.6 Å². The summed E-state index contributed by atoms with van der Waals surface area (Å²) >= 11 is 12.8. The van der Waals surface area contributed by atoms with E-state index in [0.717, 1.165) is 38.6 Å². The molecule has 0 saturated carbocycles. The number of amides is 2. The number of hydrogen-bond donors (Lipinski definition) is 4. The van der Waals surface area contributed by atoms with Gasteiger partial charge >= 0.3 is 15.4 Å². The molecule has 4 N–H and O–H groups in total. The van der Waals surface area contributed by atoms with E-state index in [1.165, 1.54) is 18.2 Å². The second-order valence-electron chi connectivity index (χ2n) is 14.6. The highest BCUT2D eigenvalue weighted by molar-refractivity contribution is 7.50. The van der Waals surface area contributed by atoms with Crippen molar-refractivity contribution in [2.24, 2.45) is 0 Å². The van der Waals surface area contributed by atoms with E-state index in [2.05, 4.69) is 0 Å². The number of halogens is 2. The highest BCUT2D eigenvalue weighted by Crippen LogP contribution is 2.50. The Morgan fingerprint density at radius 1 is 0.754 bits per heavy atom. The summed E-state index contributed by atoms with van der Waals surface area (Å²) in [6, 6.07) is 23.3. The molecule has 296 valence electrons. The predicted octanol–water partition coefficient (Wildman–Crippen LogP) is 9.03. The van der Waals surface area contributed by atoms with Gasteiger partial charge in [-0.15, -0.1) is 23.2 Å². The number of phosphoric ester groups is 1. The first-order valence-electron chi connectivity index (χ1n) is 18.2. The van der Waals surface area contributed by atoms with Gasteiger partial charge in [-0.3, -0.25) is 23.9 Å². The van der Waals surface area contributed by atoms with Gasteiger partial charge in [0.2, 0.25) is 0 Å². The van der Waals surface area contributed by atoms with E-state index >= 15 is 0 Å². The number of rotatable bonds is 11. The lowest BCUT2D eigenvalue weighted by Crippen LogP contribution is -2.28. The number of hydrogen-bond acceptors (Lipinski definition) is 5. The van der Waals surface area contributed by atoms with Gasteiger partial charge in [0.15, 0.2) is 0 Å². The quantitative estimate of drug-likeness (QED) is 0.0577. The summed E-state index contributed by atoms with van der Waals surface area (Å²) in [5, 5.41) is 2.73. The smallest absolute Gasteiger partial charge is 0.404 e. The van der Waals surface area contributed by atoms with Crippen LogP contribution in [0.3, 0.4) is 0 Å². The van der Waals surface area contributed by atoms with Crippen LogP contribution in [0.2, 0.25) is 0 Å². The van der Waals surface area contributed by atoms with E-state index in [1.54, 1.807) is 46.2 Å². The molecule has 5 aromatic carbocycles. The molecule has 7 rings (SSSR count). The van der Waals surface area contributed by atoms with Crippen molar-refractivity contribution in [3.05, 3.63) is 124 Å². The van der Waals surface area contributed by atoms with E-state index in [9.17, 15) is 38.3 Å². The fraction of sp³-hybridized carbons (Fsp3) is 0.238. The van der Waals surface area contributed by atoms with Gasteiger partial charge in [-0.25, -0.2) is 4.57 Å². The van der Waals surface area contributed by atoms with Crippen LogP contribution in [0.1, 0.15) is 65.0 Å². The number of phosphoric acid groups is 1. The van der Waals surface area contributed by atoms with Crippen molar-refractivity contribution < 1.29 is 42.8 Å². The third kappa shape index (κ3) is 8.49. The molecule has 2 aliphatic rings. The van der Waals surface area contributed by atoms with Gasteiger partial charge in [-0.1, -0.05) is 80.6 Å². The highest BCUT2D eigenvalue weighted by Gasteiger charge is 2.36. The first kappa shape index (κ1) is 40.9. The molecule has 0 saturated heterocycles. The van der Waals surface area contributed by atoms with Gasteiger partial charge < -0.3 is 24.1 Å². The molecular weight excluding hydrogens is 809 g/mol. The van der Waals surface area contributed by atoms with Crippen molar-refractivity contribution in [3.8, 4) is 5.75 Å². The van der Waals surface area contributed by atoms with Crippen molar-refractivity contribution >= 4 is 95.5 Å². The van der Waals surface area contributed by atoms with Crippen LogP contribution >= 0.6 is 38.6 Å². The average molecular weight is 850 g/mol. The Bertz CT molecular complexity index is 2580. The maximum atomic E-state index is 13.8. The van der Waals surface area contributed by atoms with Gasteiger partial charge in [-0.05, 0) is 73.7 Å². The molecule has 57 heavy (non-hydrogen) atoms. The minimum absolute atomic E-state index is 0.0372. The van der Waals surface area contributed by atoms with Gasteiger partial charge in [0, 0.05) is 66.0 Å². The zero-order valence-corrected chi connectivity index (χ0v) is 34.3. The van der Waals surface area contributed by atoms with Crippen LogP contribution in [-0.2, 0) is 24.9 Å². The minimum atomic E-state index is -4.90. The van der Waals surface area contributed by atoms with Crippen LogP contribution in [0, 0.1) is 0 Å². The zero-order valence-electron chi connectivity index (χ0n) is 31.0. The molecule has 2 amide bonds. The van der Waals surface area contributed by atoms with Crippen molar-refractivity contribution in [2.45, 2.75) is 37.8 Å².